The van der Waals surface area contributed by atoms with E-state index in [1.54, 1.807) is 0 Å². The van der Waals surface area contributed by atoms with Gasteiger partial charge in [0.15, 0.2) is 11.5 Å². The molecule has 17 heteroatoms. The number of aliphatic hydroxyl groups excluding tert-OH is 1. The monoisotopic (exact) mass is 545 g/mol. The molecular formula is C19H17ClFN5O9S. The number of alkyl halides is 1. The smallest absolute Gasteiger partial charge is 0.348 e. The maximum Gasteiger partial charge on any atom is 0.348 e. The van der Waals surface area contributed by atoms with Gasteiger partial charge in [-0.15, -0.1) is 11.3 Å². The first-order valence-electron chi connectivity index (χ1n) is 9.95. The lowest BCUT2D eigenvalue weighted by Crippen LogP contribution is -2.53. The topological polar surface area (TPSA) is 220 Å². The lowest BCUT2D eigenvalue weighted by atomic mass is 9.95. The second-order valence-corrected chi connectivity index (χ2v) is 9.08. The molecule has 1 aliphatic rings. The largest absolute Gasteiger partial charge is 0.479 e. The van der Waals surface area contributed by atoms with Gasteiger partial charge in [0, 0.05) is 6.42 Å². The first kappa shape index (κ1) is 25.6. The van der Waals surface area contributed by atoms with Gasteiger partial charge in [0.2, 0.25) is 11.1 Å². The number of nitrogens with zero attached hydrogens (tertiary/aromatic N) is 4. The van der Waals surface area contributed by atoms with Gasteiger partial charge in [-0.1, -0.05) is 0 Å². The number of fused-ring (bicyclic) bond motifs is 1. The van der Waals surface area contributed by atoms with Crippen molar-refractivity contribution in [2.45, 2.75) is 30.0 Å². The molecule has 4 rings (SSSR count). The van der Waals surface area contributed by atoms with Crippen LogP contribution in [0.15, 0.2) is 17.8 Å². The van der Waals surface area contributed by atoms with Crippen LogP contribution in [0.2, 0.25) is 5.28 Å². The number of aliphatic hydroxyl groups is 1. The lowest BCUT2D eigenvalue weighted by molar-refractivity contribution is -0.188. The third kappa shape index (κ3) is 4.22. The number of imidazole rings is 1. The number of anilines is 1. The van der Waals surface area contributed by atoms with Crippen LogP contribution < -0.4 is 5.73 Å². The second-order valence-electron chi connectivity index (χ2n) is 7.83. The average molecular weight is 546 g/mol. The number of halogens is 2. The van der Waals surface area contributed by atoms with Crippen molar-refractivity contribution in [3.63, 3.8) is 0 Å². The number of carbonyl (C=O) groups is 3. The Bertz CT molecular complexity index is 1350. The summed E-state index contributed by atoms with van der Waals surface area (Å²) in [7, 11) is 0. The number of hydrogen-bond donors (Lipinski definition) is 5. The minimum absolute atomic E-state index is 0.00981. The molecule has 0 saturated carbocycles. The number of aromatic carboxylic acids is 1. The molecule has 0 aliphatic carbocycles. The Morgan fingerprint density at radius 2 is 2.03 bits per heavy atom. The van der Waals surface area contributed by atoms with Crippen LogP contribution in [-0.2, 0) is 31.3 Å². The molecule has 3 atom stereocenters. The van der Waals surface area contributed by atoms with E-state index in [-0.39, 0.29) is 32.7 Å². The van der Waals surface area contributed by atoms with E-state index in [9.17, 15) is 29.7 Å². The molecule has 0 spiro atoms. The zero-order valence-electron chi connectivity index (χ0n) is 17.9. The Labute approximate surface area is 208 Å². The van der Waals surface area contributed by atoms with Gasteiger partial charge >= 0.3 is 17.9 Å². The maximum absolute atomic E-state index is 15.9. The van der Waals surface area contributed by atoms with E-state index in [1.807, 2.05) is 0 Å². The van der Waals surface area contributed by atoms with Crippen molar-refractivity contribution in [2.24, 2.45) is 0 Å². The Morgan fingerprint density at radius 1 is 1.33 bits per heavy atom. The fraction of sp³-hybridized carbons (Fsp3) is 0.368. The SMILES string of the molecule is Nc1nc(Cl)nc2c1ncn2[C@@]1(F)CO[C@H](COC(Cc2csc(C(=O)O)c2)(C(=O)O)C(=O)O)[C@H]1O. The van der Waals surface area contributed by atoms with E-state index in [0.29, 0.717) is 0 Å². The molecule has 1 saturated heterocycles. The van der Waals surface area contributed by atoms with Crippen LogP contribution in [0, 0.1) is 0 Å². The molecule has 1 aliphatic heterocycles. The van der Waals surface area contributed by atoms with Gasteiger partial charge < -0.3 is 35.6 Å². The van der Waals surface area contributed by atoms with Gasteiger partial charge in [-0.05, 0) is 28.6 Å². The highest BCUT2D eigenvalue weighted by Crippen LogP contribution is 2.37. The Kier molecular flexibility index (Phi) is 6.56. The molecule has 36 heavy (non-hydrogen) atoms. The van der Waals surface area contributed by atoms with Crippen molar-refractivity contribution < 1.29 is 48.7 Å². The van der Waals surface area contributed by atoms with Gasteiger partial charge in [-0.2, -0.15) is 9.97 Å². The van der Waals surface area contributed by atoms with E-state index in [4.69, 9.17) is 31.9 Å². The van der Waals surface area contributed by atoms with Crippen molar-refractivity contribution in [1.82, 2.24) is 19.5 Å². The summed E-state index contributed by atoms with van der Waals surface area (Å²) in [6.07, 6.45) is -3.23. The zero-order chi connectivity index (χ0) is 26.4. The first-order valence-corrected chi connectivity index (χ1v) is 11.2. The summed E-state index contributed by atoms with van der Waals surface area (Å²) >= 11 is 6.57. The predicted molar refractivity (Wildman–Crippen MR) is 119 cm³/mol. The number of thiophene rings is 1. The lowest BCUT2D eigenvalue weighted by Gasteiger charge is -2.28. The first-order chi connectivity index (χ1) is 16.9. The number of carboxylic acid groups (broad SMARTS) is 3. The molecule has 3 aromatic rings. The molecular weight excluding hydrogens is 529 g/mol. The van der Waals surface area contributed by atoms with Crippen LogP contribution >= 0.6 is 22.9 Å². The zero-order valence-corrected chi connectivity index (χ0v) is 19.4. The summed E-state index contributed by atoms with van der Waals surface area (Å²) < 4.78 is 27.3. The number of carboxylic acids is 3. The standard InChI is InChI=1S/C19H17ClFN5O9S/c20-17-24-12(22)10-13(25-17)26(6-23-10)19(21)5-34-8(11(19)27)3-35-18(15(30)31,16(32)33)2-7-1-9(14(28)29)36-4-7/h1,4,6,8,11,27H,2-3,5H2,(H,28,29)(H,30,31)(H,32,33)(H2,22,24,25)/t8-,11-,19+/m1/s1. The number of rotatable bonds is 9. The fourth-order valence-electron chi connectivity index (χ4n) is 3.71. The van der Waals surface area contributed by atoms with Crippen LogP contribution in [0.1, 0.15) is 15.2 Å². The fourth-order valence-corrected chi connectivity index (χ4v) is 4.63. The van der Waals surface area contributed by atoms with Gasteiger partial charge in [0.05, 0.1) is 12.9 Å². The third-order valence-electron chi connectivity index (χ3n) is 5.60. The van der Waals surface area contributed by atoms with Crippen molar-refractivity contribution in [2.75, 3.05) is 18.9 Å². The van der Waals surface area contributed by atoms with Gasteiger partial charge in [-0.3, -0.25) is 4.57 Å². The van der Waals surface area contributed by atoms with Gasteiger partial charge in [0.1, 0.15) is 29.2 Å². The molecule has 1 fully saturated rings. The van der Waals surface area contributed by atoms with E-state index in [0.717, 1.165) is 28.3 Å². The van der Waals surface area contributed by atoms with E-state index in [1.165, 1.54) is 5.38 Å². The van der Waals surface area contributed by atoms with E-state index in [2.05, 4.69) is 15.0 Å². The van der Waals surface area contributed by atoms with Crippen molar-refractivity contribution >= 4 is 57.8 Å². The Hall–Kier alpha value is -3.44. The van der Waals surface area contributed by atoms with Crippen LogP contribution in [0.25, 0.3) is 11.2 Å². The molecule has 3 aromatic heterocycles. The second kappa shape index (κ2) is 9.21. The van der Waals surface area contributed by atoms with Crippen LogP contribution in [0.5, 0.6) is 0 Å². The van der Waals surface area contributed by atoms with Crippen molar-refractivity contribution in [3.8, 4) is 0 Å². The highest BCUT2D eigenvalue weighted by molar-refractivity contribution is 7.12. The number of nitrogen functional groups attached to an aromatic ring is 1. The predicted octanol–water partition coefficient (Wildman–Crippen LogP) is 0.371. The normalized spacial score (nSPS) is 22.2. The number of aliphatic carboxylic acids is 2. The summed E-state index contributed by atoms with van der Waals surface area (Å²) in [5.41, 5.74) is 2.79. The highest BCUT2D eigenvalue weighted by Gasteiger charge is 2.55. The molecule has 192 valence electrons. The van der Waals surface area contributed by atoms with Gasteiger partial charge in [0.25, 0.3) is 5.60 Å². The Morgan fingerprint density at radius 3 is 2.64 bits per heavy atom. The number of ether oxygens (including phenoxy) is 2. The van der Waals surface area contributed by atoms with Crippen molar-refractivity contribution in [1.29, 1.82) is 0 Å². The molecule has 0 aromatic carbocycles. The molecule has 4 heterocycles. The molecule has 0 unspecified atom stereocenters. The quantitative estimate of drug-likeness (QED) is 0.181. The number of nitrogens with two attached hydrogens (primary N) is 1. The van der Waals surface area contributed by atoms with E-state index >= 15 is 4.39 Å². The Balaban J connectivity index is 1.57. The van der Waals surface area contributed by atoms with Crippen LogP contribution in [0.3, 0.4) is 0 Å². The summed E-state index contributed by atoms with van der Waals surface area (Å²) in [5.74, 6) is -7.86. The molecule has 14 nitrogen and oxygen atoms in total. The minimum atomic E-state index is -2.88. The van der Waals surface area contributed by atoms with E-state index < -0.39 is 61.1 Å². The molecule has 0 bridgehead atoms. The molecule has 0 amide bonds. The van der Waals surface area contributed by atoms with Crippen LogP contribution in [-0.4, -0.2) is 88.9 Å². The van der Waals surface area contributed by atoms with Crippen LogP contribution in [0.4, 0.5) is 10.2 Å². The average Bonchev–Trinajstić information content (AvgIpc) is 3.50. The number of hydrogen-bond acceptors (Lipinski definition) is 11. The summed E-state index contributed by atoms with van der Waals surface area (Å²) in [6.45, 7) is -1.60. The summed E-state index contributed by atoms with van der Waals surface area (Å²) in [5, 5.41) is 40.1. The maximum atomic E-state index is 15.9. The van der Waals surface area contributed by atoms with Gasteiger partial charge in [-0.25, -0.2) is 23.8 Å². The highest BCUT2D eigenvalue weighted by atomic mass is 35.5. The summed E-state index contributed by atoms with van der Waals surface area (Å²) in [4.78, 5) is 46.4. The summed E-state index contributed by atoms with van der Waals surface area (Å²) in [6, 6.07) is 1.12. The molecule has 0 radical (unpaired) electrons. The third-order valence-corrected chi connectivity index (χ3v) is 6.74. The van der Waals surface area contributed by atoms with Crippen molar-refractivity contribution in [3.05, 3.63) is 33.5 Å². The number of aromatic nitrogens is 4. The minimum Gasteiger partial charge on any atom is -0.479 e. The molecule has 6 N–H and O–H groups in total.